The summed E-state index contributed by atoms with van der Waals surface area (Å²) < 4.78 is 31.5. The molecule has 0 atom stereocenters. The van der Waals surface area contributed by atoms with Gasteiger partial charge in [-0.25, -0.2) is 13.8 Å². The average molecular weight is 333 g/mol. The van der Waals surface area contributed by atoms with Gasteiger partial charge in [-0.1, -0.05) is 6.07 Å². The Morgan fingerprint density at radius 1 is 1.21 bits per heavy atom. The number of nitrogens with zero attached hydrogens (tertiary/aromatic N) is 2. The van der Waals surface area contributed by atoms with Gasteiger partial charge in [0.1, 0.15) is 5.82 Å². The number of ether oxygens (including phenoxy) is 1. The minimum absolute atomic E-state index is 0.0747. The van der Waals surface area contributed by atoms with Gasteiger partial charge in [0, 0.05) is 37.0 Å². The molecule has 1 saturated heterocycles. The second kappa shape index (κ2) is 7.35. The summed E-state index contributed by atoms with van der Waals surface area (Å²) in [4.78, 5) is 18.6. The summed E-state index contributed by atoms with van der Waals surface area (Å²) in [5.74, 6) is -1.69. The molecule has 0 saturated carbocycles. The van der Waals surface area contributed by atoms with E-state index in [0.29, 0.717) is 13.2 Å². The lowest BCUT2D eigenvalue weighted by Gasteiger charge is -2.29. The maximum absolute atomic E-state index is 13.2. The van der Waals surface area contributed by atoms with Gasteiger partial charge in [0.05, 0.1) is 13.2 Å². The average Bonchev–Trinajstić information content (AvgIpc) is 2.63. The molecule has 0 aliphatic carbocycles. The summed E-state index contributed by atoms with van der Waals surface area (Å²) in [5.41, 5.74) is 0.932. The number of anilines is 1. The van der Waals surface area contributed by atoms with Crippen molar-refractivity contribution in [3.05, 3.63) is 59.3 Å². The molecule has 0 unspecified atom stereocenters. The summed E-state index contributed by atoms with van der Waals surface area (Å²) in [6.07, 6.45) is 1.70. The van der Waals surface area contributed by atoms with E-state index in [4.69, 9.17) is 4.74 Å². The van der Waals surface area contributed by atoms with Crippen molar-refractivity contribution in [2.45, 2.75) is 6.54 Å². The molecular weight excluding hydrogens is 316 g/mol. The van der Waals surface area contributed by atoms with Crippen LogP contribution in [-0.4, -0.2) is 37.2 Å². The fraction of sp³-hybridized carbons (Fsp3) is 0.294. The number of hydrogen-bond donors (Lipinski definition) is 1. The fourth-order valence-corrected chi connectivity index (χ4v) is 2.54. The zero-order valence-corrected chi connectivity index (χ0v) is 13.0. The minimum Gasteiger partial charge on any atom is -0.378 e. The molecule has 1 aromatic carbocycles. The smallest absolute Gasteiger partial charge is 0.251 e. The van der Waals surface area contributed by atoms with Crippen LogP contribution in [0.4, 0.5) is 14.6 Å². The summed E-state index contributed by atoms with van der Waals surface area (Å²) in [5, 5.41) is 2.72. The van der Waals surface area contributed by atoms with E-state index in [-0.39, 0.29) is 12.1 Å². The Morgan fingerprint density at radius 2 is 2.00 bits per heavy atom. The quantitative estimate of drug-likeness (QED) is 0.931. The molecule has 0 radical (unpaired) electrons. The monoisotopic (exact) mass is 333 g/mol. The highest BCUT2D eigenvalue weighted by Gasteiger charge is 2.16. The Kier molecular flexibility index (Phi) is 5.00. The summed E-state index contributed by atoms with van der Waals surface area (Å²) in [6.45, 7) is 3.00. The lowest BCUT2D eigenvalue weighted by atomic mass is 10.2. The van der Waals surface area contributed by atoms with E-state index >= 15 is 0 Å². The Bertz CT molecular complexity index is 734. The van der Waals surface area contributed by atoms with Crippen molar-refractivity contribution in [2.24, 2.45) is 0 Å². The van der Waals surface area contributed by atoms with Crippen LogP contribution in [0.3, 0.4) is 0 Å². The number of amides is 1. The van der Waals surface area contributed by atoms with Gasteiger partial charge >= 0.3 is 0 Å². The van der Waals surface area contributed by atoms with Crippen molar-refractivity contribution in [2.75, 3.05) is 31.2 Å². The molecule has 2 heterocycles. The largest absolute Gasteiger partial charge is 0.378 e. The van der Waals surface area contributed by atoms with Gasteiger partial charge in [0.15, 0.2) is 11.6 Å². The van der Waals surface area contributed by atoms with Crippen molar-refractivity contribution in [1.29, 1.82) is 0 Å². The van der Waals surface area contributed by atoms with E-state index in [1.165, 1.54) is 6.07 Å². The van der Waals surface area contributed by atoms with Crippen molar-refractivity contribution >= 4 is 11.7 Å². The second-order valence-electron chi connectivity index (χ2n) is 5.40. The first kappa shape index (κ1) is 16.3. The Labute approximate surface area is 138 Å². The predicted molar refractivity (Wildman–Crippen MR) is 84.8 cm³/mol. The maximum Gasteiger partial charge on any atom is 0.251 e. The number of morpholine rings is 1. The van der Waals surface area contributed by atoms with E-state index < -0.39 is 17.5 Å². The number of carbonyl (C=O) groups excluding carboxylic acids is 1. The Hall–Kier alpha value is -2.54. The first-order valence-electron chi connectivity index (χ1n) is 7.65. The van der Waals surface area contributed by atoms with Crippen LogP contribution in [0.25, 0.3) is 0 Å². The third-order valence-electron chi connectivity index (χ3n) is 3.80. The minimum atomic E-state index is -1.04. The predicted octanol–water partition coefficient (Wildman–Crippen LogP) is 2.13. The van der Waals surface area contributed by atoms with Crippen molar-refractivity contribution < 1.29 is 18.3 Å². The van der Waals surface area contributed by atoms with Crippen molar-refractivity contribution in [1.82, 2.24) is 10.3 Å². The third-order valence-corrected chi connectivity index (χ3v) is 3.80. The summed E-state index contributed by atoms with van der Waals surface area (Å²) in [6, 6.07) is 6.75. The molecule has 3 rings (SSSR count). The molecule has 0 bridgehead atoms. The van der Waals surface area contributed by atoms with E-state index in [0.717, 1.165) is 36.6 Å². The highest BCUT2D eigenvalue weighted by Crippen LogP contribution is 2.18. The number of halogens is 2. The first-order chi connectivity index (χ1) is 11.6. The topological polar surface area (TPSA) is 54.5 Å². The molecule has 2 aromatic rings. The van der Waals surface area contributed by atoms with E-state index in [1.807, 2.05) is 6.07 Å². The summed E-state index contributed by atoms with van der Waals surface area (Å²) >= 11 is 0. The molecular formula is C17H17F2N3O2. The van der Waals surface area contributed by atoms with Gasteiger partial charge in [-0.15, -0.1) is 0 Å². The van der Waals surface area contributed by atoms with Crippen LogP contribution in [0.1, 0.15) is 15.9 Å². The highest BCUT2D eigenvalue weighted by atomic mass is 19.2. The molecule has 126 valence electrons. The molecule has 24 heavy (non-hydrogen) atoms. The van der Waals surface area contributed by atoms with Crippen LogP contribution < -0.4 is 10.2 Å². The van der Waals surface area contributed by atoms with Gasteiger partial charge < -0.3 is 15.0 Å². The number of nitrogens with one attached hydrogen (secondary N) is 1. The van der Waals surface area contributed by atoms with Crippen LogP contribution in [0.15, 0.2) is 36.5 Å². The molecule has 1 N–H and O–H groups in total. The zero-order valence-electron chi connectivity index (χ0n) is 13.0. The third kappa shape index (κ3) is 3.68. The molecule has 1 fully saturated rings. The van der Waals surface area contributed by atoms with Crippen LogP contribution in [-0.2, 0) is 11.3 Å². The van der Waals surface area contributed by atoms with Crippen molar-refractivity contribution in [3.63, 3.8) is 0 Å². The number of benzene rings is 1. The molecule has 1 amide bonds. The second-order valence-corrected chi connectivity index (χ2v) is 5.40. The lowest BCUT2D eigenvalue weighted by molar-refractivity contribution is 0.0950. The van der Waals surface area contributed by atoms with E-state index in [1.54, 1.807) is 12.3 Å². The van der Waals surface area contributed by atoms with Gasteiger partial charge in [-0.3, -0.25) is 4.79 Å². The van der Waals surface area contributed by atoms with Crippen LogP contribution in [0.5, 0.6) is 0 Å². The lowest BCUT2D eigenvalue weighted by Crippen LogP contribution is -2.37. The molecule has 1 aliphatic heterocycles. The zero-order chi connectivity index (χ0) is 16.9. The number of rotatable bonds is 4. The molecule has 7 heteroatoms. The van der Waals surface area contributed by atoms with Crippen LogP contribution in [0.2, 0.25) is 0 Å². The number of pyridine rings is 1. The first-order valence-corrected chi connectivity index (χ1v) is 7.65. The Morgan fingerprint density at radius 3 is 2.75 bits per heavy atom. The normalized spacial score (nSPS) is 14.5. The maximum atomic E-state index is 13.2. The Balaban J connectivity index is 1.70. The molecule has 0 spiro atoms. The highest BCUT2D eigenvalue weighted by molar-refractivity contribution is 5.94. The van der Waals surface area contributed by atoms with Gasteiger partial charge in [0.2, 0.25) is 0 Å². The fourth-order valence-electron chi connectivity index (χ4n) is 2.54. The molecule has 1 aromatic heterocycles. The summed E-state index contributed by atoms with van der Waals surface area (Å²) in [7, 11) is 0. The van der Waals surface area contributed by atoms with Gasteiger partial charge in [-0.2, -0.15) is 0 Å². The van der Waals surface area contributed by atoms with E-state index in [9.17, 15) is 13.6 Å². The van der Waals surface area contributed by atoms with Crippen LogP contribution in [0, 0.1) is 11.6 Å². The van der Waals surface area contributed by atoms with Gasteiger partial charge in [0.25, 0.3) is 5.91 Å². The number of hydrogen-bond acceptors (Lipinski definition) is 4. The van der Waals surface area contributed by atoms with E-state index in [2.05, 4.69) is 15.2 Å². The molecule has 1 aliphatic rings. The SMILES string of the molecule is O=C(NCc1cccnc1N1CCOCC1)c1ccc(F)c(F)c1. The van der Waals surface area contributed by atoms with Crippen LogP contribution >= 0.6 is 0 Å². The number of aromatic nitrogens is 1. The molecule has 5 nitrogen and oxygen atoms in total. The van der Waals surface area contributed by atoms with Crippen molar-refractivity contribution in [3.8, 4) is 0 Å². The standard InChI is InChI=1S/C17H17F2N3O2/c18-14-4-3-12(10-15(14)19)17(23)21-11-13-2-1-5-20-16(13)22-6-8-24-9-7-22/h1-5,10H,6-9,11H2,(H,21,23). The van der Waals surface area contributed by atoms with Gasteiger partial charge in [-0.05, 0) is 24.3 Å². The number of carbonyl (C=O) groups is 1.